The second kappa shape index (κ2) is 6.49. The Morgan fingerprint density at radius 1 is 1.35 bits per heavy atom. The van der Waals surface area contributed by atoms with Crippen LogP contribution < -0.4 is 10.9 Å². The number of aromatic nitrogens is 2. The van der Waals surface area contributed by atoms with Crippen molar-refractivity contribution in [2.24, 2.45) is 0 Å². The molecule has 0 amide bonds. The average molecular weight is 298 g/mol. The molecule has 0 saturated carbocycles. The van der Waals surface area contributed by atoms with E-state index in [-0.39, 0.29) is 24.0 Å². The quantitative estimate of drug-likeness (QED) is 0.880. The Labute approximate surface area is 119 Å². The summed E-state index contributed by atoms with van der Waals surface area (Å²) in [6.07, 6.45) is 1.42. The van der Waals surface area contributed by atoms with Crippen LogP contribution in [0.1, 0.15) is 5.56 Å². The fraction of sp³-hybridized carbons (Fsp3) is 0.231. The Morgan fingerprint density at radius 3 is 2.70 bits per heavy atom. The van der Waals surface area contributed by atoms with Crippen LogP contribution in [0.5, 0.6) is 0 Å². The minimum atomic E-state index is -0.468. The summed E-state index contributed by atoms with van der Waals surface area (Å²) < 4.78 is 13.9. The number of nitrogens with zero attached hydrogens (tertiary/aromatic N) is 2. The molecule has 0 aliphatic heterocycles. The number of hydrogen-bond acceptors (Lipinski definition) is 4. The zero-order chi connectivity index (χ0) is 14.5. The van der Waals surface area contributed by atoms with Crippen molar-refractivity contribution in [2.45, 2.75) is 13.1 Å². The number of aliphatic hydroxyl groups is 1. The Hall–Kier alpha value is -1.92. The molecule has 0 bridgehead atoms. The van der Waals surface area contributed by atoms with Crippen molar-refractivity contribution in [2.75, 3.05) is 11.9 Å². The standard InChI is InChI=1S/C13H13ClFN3O2/c14-12-11(8-17-18(5-6-19)13(12)20)16-7-9-1-3-10(15)4-2-9/h1-4,8,16,19H,5-7H2. The molecule has 7 heteroatoms. The number of benzene rings is 1. The molecule has 0 unspecified atom stereocenters. The third-order valence-corrected chi connectivity index (χ3v) is 3.06. The highest BCUT2D eigenvalue weighted by Crippen LogP contribution is 2.16. The highest BCUT2D eigenvalue weighted by atomic mass is 35.5. The zero-order valence-electron chi connectivity index (χ0n) is 10.5. The molecule has 2 rings (SSSR count). The number of anilines is 1. The fourth-order valence-electron chi connectivity index (χ4n) is 1.64. The molecule has 2 N–H and O–H groups in total. The smallest absolute Gasteiger partial charge is 0.287 e. The van der Waals surface area contributed by atoms with E-state index < -0.39 is 5.56 Å². The summed E-state index contributed by atoms with van der Waals surface area (Å²) in [6.45, 7) is 0.299. The third-order valence-electron chi connectivity index (χ3n) is 2.69. The van der Waals surface area contributed by atoms with Gasteiger partial charge in [-0.2, -0.15) is 5.10 Å². The molecule has 2 aromatic rings. The second-order valence-electron chi connectivity index (χ2n) is 4.10. The lowest BCUT2D eigenvalue weighted by Gasteiger charge is -2.09. The van der Waals surface area contributed by atoms with Crippen molar-refractivity contribution < 1.29 is 9.50 Å². The maximum Gasteiger partial charge on any atom is 0.287 e. The average Bonchev–Trinajstić information content (AvgIpc) is 2.45. The number of nitrogens with one attached hydrogen (secondary N) is 1. The molecule has 20 heavy (non-hydrogen) atoms. The van der Waals surface area contributed by atoms with Crippen LogP contribution in [0.3, 0.4) is 0 Å². The molecule has 0 spiro atoms. The first-order valence-electron chi connectivity index (χ1n) is 5.96. The van der Waals surface area contributed by atoms with E-state index in [1.165, 1.54) is 18.3 Å². The first-order chi connectivity index (χ1) is 9.61. The van der Waals surface area contributed by atoms with Gasteiger partial charge in [0.2, 0.25) is 0 Å². The number of aliphatic hydroxyl groups excluding tert-OH is 1. The van der Waals surface area contributed by atoms with E-state index in [2.05, 4.69) is 10.4 Å². The summed E-state index contributed by atoms with van der Waals surface area (Å²) in [5.41, 5.74) is 0.780. The van der Waals surface area contributed by atoms with Crippen molar-refractivity contribution in [3.05, 3.63) is 57.2 Å². The van der Waals surface area contributed by atoms with Gasteiger partial charge in [-0.1, -0.05) is 23.7 Å². The molecule has 0 radical (unpaired) electrons. The Morgan fingerprint density at radius 2 is 2.05 bits per heavy atom. The summed E-state index contributed by atoms with van der Waals surface area (Å²) in [4.78, 5) is 11.8. The molecule has 0 saturated heterocycles. The van der Waals surface area contributed by atoms with Crippen molar-refractivity contribution in [3.63, 3.8) is 0 Å². The van der Waals surface area contributed by atoms with E-state index >= 15 is 0 Å². The van der Waals surface area contributed by atoms with E-state index in [9.17, 15) is 9.18 Å². The van der Waals surface area contributed by atoms with Gasteiger partial charge in [-0.3, -0.25) is 4.79 Å². The van der Waals surface area contributed by atoms with Crippen LogP contribution in [0.4, 0.5) is 10.1 Å². The highest BCUT2D eigenvalue weighted by molar-refractivity contribution is 6.32. The van der Waals surface area contributed by atoms with Crippen LogP contribution >= 0.6 is 11.6 Å². The number of halogens is 2. The van der Waals surface area contributed by atoms with Crippen LogP contribution in [0, 0.1) is 5.82 Å². The largest absolute Gasteiger partial charge is 0.394 e. The molecule has 1 aromatic carbocycles. The first-order valence-corrected chi connectivity index (χ1v) is 6.34. The van der Waals surface area contributed by atoms with Crippen LogP contribution in [-0.2, 0) is 13.1 Å². The normalized spacial score (nSPS) is 10.6. The summed E-state index contributed by atoms with van der Waals surface area (Å²) in [5.74, 6) is -0.306. The van der Waals surface area contributed by atoms with Gasteiger partial charge in [0.05, 0.1) is 25.0 Å². The van der Waals surface area contributed by atoms with E-state index in [1.54, 1.807) is 12.1 Å². The number of rotatable bonds is 5. The van der Waals surface area contributed by atoms with E-state index in [4.69, 9.17) is 16.7 Å². The molecule has 1 heterocycles. The van der Waals surface area contributed by atoms with Gasteiger partial charge in [-0.25, -0.2) is 9.07 Å². The van der Waals surface area contributed by atoms with Crippen molar-refractivity contribution in [1.29, 1.82) is 0 Å². The summed E-state index contributed by atoms with van der Waals surface area (Å²) in [5, 5.41) is 15.7. The molecule has 0 aliphatic carbocycles. The monoisotopic (exact) mass is 297 g/mol. The SMILES string of the molecule is O=c1c(Cl)c(NCc2ccc(F)cc2)cnn1CCO. The molecule has 0 aliphatic rings. The lowest BCUT2D eigenvalue weighted by atomic mass is 10.2. The Kier molecular flexibility index (Phi) is 4.70. The minimum Gasteiger partial charge on any atom is -0.394 e. The molecule has 0 atom stereocenters. The Bertz CT molecular complexity index is 643. The van der Waals surface area contributed by atoms with Crippen LogP contribution in [0.15, 0.2) is 35.3 Å². The fourth-order valence-corrected chi connectivity index (χ4v) is 1.86. The Balaban J connectivity index is 2.12. The lowest BCUT2D eigenvalue weighted by Crippen LogP contribution is -2.25. The second-order valence-corrected chi connectivity index (χ2v) is 4.48. The third kappa shape index (κ3) is 3.34. The molecule has 106 valence electrons. The first kappa shape index (κ1) is 14.5. The lowest BCUT2D eigenvalue weighted by molar-refractivity contribution is 0.266. The van der Waals surface area contributed by atoms with E-state index in [0.29, 0.717) is 12.2 Å². The van der Waals surface area contributed by atoms with Crippen molar-refractivity contribution >= 4 is 17.3 Å². The van der Waals surface area contributed by atoms with Gasteiger partial charge in [0, 0.05) is 6.54 Å². The molecule has 0 fully saturated rings. The molecular weight excluding hydrogens is 285 g/mol. The molecular formula is C13H13ClFN3O2. The van der Waals surface area contributed by atoms with Crippen LogP contribution in [0.2, 0.25) is 5.02 Å². The predicted octanol–water partition coefficient (Wildman–Crippen LogP) is 1.64. The summed E-state index contributed by atoms with van der Waals surface area (Å²) >= 11 is 5.95. The summed E-state index contributed by atoms with van der Waals surface area (Å²) in [7, 11) is 0. The van der Waals surface area contributed by atoms with Gasteiger partial charge < -0.3 is 10.4 Å². The van der Waals surface area contributed by atoms with Gasteiger partial charge >= 0.3 is 0 Å². The van der Waals surface area contributed by atoms with E-state index in [0.717, 1.165) is 10.2 Å². The van der Waals surface area contributed by atoms with Crippen LogP contribution in [-0.4, -0.2) is 21.5 Å². The van der Waals surface area contributed by atoms with E-state index in [1.807, 2.05) is 0 Å². The van der Waals surface area contributed by atoms with Crippen LogP contribution in [0.25, 0.3) is 0 Å². The molecule has 5 nitrogen and oxygen atoms in total. The highest BCUT2D eigenvalue weighted by Gasteiger charge is 2.08. The summed E-state index contributed by atoms with van der Waals surface area (Å²) in [6, 6.07) is 5.99. The van der Waals surface area contributed by atoms with Gasteiger partial charge in [0.1, 0.15) is 10.8 Å². The topological polar surface area (TPSA) is 67.2 Å². The van der Waals surface area contributed by atoms with Crippen molar-refractivity contribution in [1.82, 2.24) is 9.78 Å². The van der Waals surface area contributed by atoms with Gasteiger partial charge in [-0.05, 0) is 17.7 Å². The maximum absolute atomic E-state index is 12.8. The maximum atomic E-state index is 12.8. The minimum absolute atomic E-state index is 0.00978. The molecule has 1 aromatic heterocycles. The van der Waals surface area contributed by atoms with Gasteiger partial charge in [-0.15, -0.1) is 0 Å². The van der Waals surface area contributed by atoms with Crippen molar-refractivity contribution in [3.8, 4) is 0 Å². The van der Waals surface area contributed by atoms with Gasteiger partial charge in [0.25, 0.3) is 5.56 Å². The van der Waals surface area contributed by atoms with Gasteiger partial charge in [0.15, 0.2) is 0 Å². The zero-order valence-corrected chi connectivity index (χ0v) is 11.3. The predicted molar refractivity (Wildman–Crippen MR) is 74.3 cm³/mol. The number of hydrogen-bond donors (Lipinski definition) is 2.